The van der Waals surface area contributed by atoms with Crippen LogP contribution in [0.25, 0.3) is 0 Å². The zero-order valence-electron chi connectivity index (χ0n) is 11.2. The van der Waals surface area contributed by atoms with Crippen molar-refractivity contribution in [1.29, 1.82) is 0 Å². The van der Waals surface area contributed by atoms with Gasteiger partial charge in [-0.3, -0.25) is 9.59 Å². The fourth-order valence-corrected chi connectivity index (χ4v) is 2.54. The molecule has 5 nitrogen and oxygen atoms in total. The molecule has 2 amide bonds. The van der Waals surface area contributed by atoms with Crippen LogP contribution in [0.5, 0.6) is 0 Å². The van der Waals surface area contributed by atoms with E-state index in [1.54, 1.807) is 4.90 Å². The third kappa shape index (κ3) is 4.31. The molecule has 1 heterocycles. The Morgan fingerprint density at radius 3 is 2.95 bits per heavy atom. The molecular weight excluding hydrogens is 322 g/mol. The van der Waals surface area contributed by atoms with Crippen LogP contribution in [0, 0.1) is 0 Å². The Morgan fingerprint density at radius 1 is 1.30 bits per heavy atom. The molecule has 0 bridgehead atoms. The molecule has 2 N–H and O–H groups in total. The lowest BCUT2D eigenvalue weighted by atomic mass is 10.2. The van der Waals surface area contributed by atoms with E-state index in [-0.39, 0.29) is 0 Å². The molecule has 108 valence electrons. The summed E-state index contributed by atoms with van der Waals surface area (Å²) in [6, 6.07) is 7.64. The van der Waals surface area contributed by atoms with E-state index in [1.165, 1.54) is 0 Å². The van der Waals surface area contributed by atoms with Gasteiger partial charge in [0.05, 0.1) is 0 Å². The summed E-state index contributed by atoms with van der Waals surface area (Å²) in [6.07, 6.45) is 0.880. The van der Waals surface area contributed by atoms with Crippen LogP contribution in [-0.2, 0) is 16.1 Å². The van der Waals surface area contributed by atoms with Crippen molar-refractivity contribution in [2.75, 3.05) is 26.2 Å². The molecule has 0 radical (unpaired) electrons. The summed E-state index contributed by atoms with van der Waals surface area (Å²) in [5, 5.41) is 5.88. The van der Waals surface area contributed by atoms with Crippen LogP contribution in [-0.4, -0.2) is 42.9 Å². The van der Waals surface area contributed by atoms with E-state index in [9.17, 15) is 9.59 Å². The summed E-state index contributed by atoms with van der Waals surface area (Å²) in [6.45, 7) is 3.21. The van der Waals surface area contributed by atoms with Gasteiger partial charge in [0.25, 0.3) is 0 Å². The molecule has 0 atom stereocenters. The number of nitrogens with zero attached hydrogens (tertiary/aromatic N) is 1. The second-order valence-electron chi connectivity index (χ2n) is 4.71. The molecule has 20 heavy (non-hydrogen) atoms. The quantitative estimate of drug-likeness (QED) is 0.786. The Balaban J connectivity index is 1.86. The highest BCUT2D eigenvalue weighted by Gasteiger charge is 2.21. The Morgan fingerprint density at radius 2 is 2.15 bits per heavy atom. The van der Waals surface area contributed by atoms with E-state index in [2.05, 4.69) is 26.6 Å². The fourth-order valence-electron chi connectivity index (χ4n) is 2.10. The molecule has 0 spiro atoms. The van der Waals surface area contributed by atoms with Crippen LogP contribution in [0.1, 0.15) is 12.0 Å². The molecule has 1 aromatic carbocycles. The summed E-state index contributed by atoms with van der Waals surface area (Å²) in [4.78, 5) is 25.5. The predicted molar refractivity (Wildman–Crippen MR) is 80.1 cm³/mol. The molecule has 1 fully saturated rings. The number of nitrogens with one attached hydrogen (secondary N) is 2. The van der Waals surface area contributed by atoms with Crippen LogP contribution < -0.4 is 10.6 Å². The monoisotopic (exact) mass is 339 g/mol. The summed E-state index contributed by atoms with van der Waals surface area (Å²) < 4.78 is 0.953. The zero-order valence-corrected chi connectivity index (χ0v) is 12.8. The standard InChI is InChI=1S/C14H18BrN3O2/c15-12-4-1-3-11(9-12)10-17-13(19)14(20)18-7-2-5-16-6-8-18/h1,3-4,9,16H,2,5-8,10H2,(H,17,19). The third-order valence-corrected chi connectivity index (χ3v) is 3.66. The second-order valence-corrected chi connectivity index (χ2v) is 5.62. The molecule has 0 aliphatic carbocycles. The van der Waals surface area contributed by atoms with Crippen LogP contribution >= 0.6 is 15.9 Å². The normalized spacial score (nSPS) is 15.6. The van der Waals surface area contributed by atoms with Crippen molar-refractivity contribution < 1.29 is 9.59 Å². The molecule has 0 unspecified atom stereocenters. The molecule has 2 rings (SSSR count). The Hall–Kier alpha value is -1.40. The number of halogens is 1. The van der Waals surface area contributed by atoms with Crippen molar-refractivity contribution in [3.05, 3.63) is 34.3 Å². The van der Waals surface area contributed by atoms with Crippen molar-refractivity contribution in [3.8, 4) is 0 Å². The van der Waals surface area contributed by atoms with E-state index < -0.39 is 11.8 Å². The lowest BCUT2D eigenvalue weighted by Gasteiger charge is -2.19. The van der Waals surface area contributed by atoms with Crippen LogP contribution in [0.15, 0.2) is 28.7 Å². The van der Waals surface area contributed by atoms with Gasteiger partial charge >= 0.3 is 11.8 Å². The number of hydrogen-bond acceptors (Lipinski definition) is 3. The fraction of sp³-hybridized carbons (Fsp3) is 0.429. The minimum Gasteiger partial charge on any atom is -0.344 e. The van der Waals surface area contributed by atoms with Gasteiger partial charge in [0.1, 0.15) is 0 Å². The molecule has 1 aromatic rings. The molecule has 0 saturated carbocycles. The first-order chi connectivity index (χ1) is 9.66. The van der Waals surface area contributed by atoms with E-state index in [1.807, 2.05) is 24.3 Å². The number of carbonyl (C=O) groups is 2. The predicted octanol–water partition coefficient (Wildman–Crippen LogP) is 0.887. The average Bonchev–Trinajstić information content (AvgIpc) is 2.73. The van der Waals surface area contributed by atoms with Gasteiger partial charge < -0.3 is 15.5 Å². The maximum Gasteiger partial charge on any atom is 0.311 e. The zero-order chi connectivity index (χ0) is 14.4. The third-order valence-electron chi connectivity index (χ3n) is 3.16. The highest BCUT2D eigenvalue weighted by atomic mass is 79.9. The number of carbonyl (C=O) groups excluding carboxylic acids is 2. The summed E-state index contributed by atoms with van der Waals surface area (Å²) in [5.74, 6) is -0.976. The van der Waals surface area contributed by atoms with E-state index in [4.69, 9.17) is 0 Å². The van der Waals surface area contributed by atoms with Crippen molar-refractivity contribution in [1.82, 2.24) is 15.5 Å². The topological polar surface area (TPSA) is 61.4 Å². The highest BCUT2D eigenvalue weighted by Crippen LogP contribution is 2.11. The Labute approximate surface area is 126 Å². The highest BCUT2D eigenvalue weighted by molar-refractivity contribution is 9.10. The van der Waals surface area contributed by atoms with Crippen molar-refractivity contribution in [2.45, 2.75) is 13.0 Å². The first kappa shape index (κ1) is 15.0. The number of amides is 2. The molecular formula is C14H18BrN3O2. The number of hydrogen-bond donors (Lipinski definition) is 2. The number of benzene rings is 1. The van der Waals surface area contributed by atoms with Gasteiger partial charge in [-0.1, -0.05) is 28.1 Å². The van der Waals surface area contributed by atoms with Crippen molar-refractivity contribution >= 4 is 27.7 Å². The van der Waals surface area contributed by atoms with Crippen molar-refractivity contribution in [2.24, 2.45) is 0 Å². The minimum absolute atomic E-state index is 0.357. The molecule has 6 heteroatoms. The van der Waals surface area contributed by atoms with Gasteiger partial charge in [-0.05, 0) is 30.7 Å². The SMILES string of the molecule is O=C(NCc1cccc(Br)c1)C(=O)N1CCCNCC1. The molecule has 1 saturated heterocycles. The van der Waals surface area contributed by atoms with Gasteiger partial charge in [-0.15, -0.1) is 0 Å². The van der Waals surface area contributed by atoms with E-state index in [0.717, 1.165) is 29.5 Å². The number of rotatable bonds is 2. The summed E-state index contributed by atoms with van der Waals surface area (Å²) in [7, 11) is 0. The van der Waals surface area contributed by atoms with Gasteiger partial charge in [0, 0.05) is 30.7 Å². The summed E-state index contributed by atoms with van der Waals surface area (Å²) >= 11 is 3.37. The lowest BCUT2D eigenvalue weighted by Crippen LogP contribution is -2.44. The smallest absolute Gasteiger partial charge is 0.311 e. The first-order valence-corrected chi connectivity index (χ1v) is 7.48. The Bertz CT molecular complexity index is 485. The second kappa shape index (κ2) is 7.40. The maximum atomic E-state index is 12.0. The van der Waals surface area contributed by atoms with Gasteiger partial charge in [-0.2, -0.15) is 0 Å². The van der Waals surface area contributed by atoms with Gasteiger partial charge in [0.2, 0.25) is 0 Å². The molecule has 1 aliphatic rings. The van der Waals surface area contributed by atoms with Crippen molar-refractivity contribution in [3.63, 3.8) is 0 Å². The first-order valence-electron chi connectivity index (χ1n) is 6.69. The Kier molecular flexibility index (Phi) is 5.55. The minimum atomic E-state index is -0.535. The maximum absolute atomic E-state index is 12.0. The van der Waals surface area contributed by atoms with Crippen LogP contribution in [0.2, 0.25) is 0 Å². The van der Waals surface area contributed by atoms with E-state index >= 15 is 0 Å². The van der Waals surface area contributed by atoms with Gasteiger partial charge in [0.15, 0.2) is 0 Å². The molecule has 0 aromatic heterocycles. The largest absolute Gasteiger partial charge is 0.344 e. The average molecular weight is 340 g/mol. The lowest BCUT2D eigenvalue weighted by molar-refractivity contribution is -0.145. The molecule has 1 aliphatic heterocycles. The summed E-state index contributed by atoms with van der Waals surface area (Å²) in [5.41, 5.74) is 0.957. The van der Waals surface area contributed by atoms with E-state index in [0.29, 0.717) is 19.6 Å². The van der Waals surface area contributed by atoms with Gasteiger partial charge in [-0.25, -0.2) is 0 Å². The van der Waals surface area contributed by atoms with Crippen LogP contribution in [0.4, 0.5) is 0 Å². The van der Waals surface area contributed by atoms with Crippen LogP contribution in [0.3, 0.4) is 0 Å².